The maximum Gasteiger partial charge on any atom is 0.273 e. The first-order valence-corrected chi connectivity index (χ1v) is 10.2. The highest BCUT2D eigenvalue weighted by Crippen LogP contribution is 2.24. The van der Waals surface area contributed by atoms with Crippen LogP contribution in [0.2, 0.25) is 0 Å². The molecule has 1 fully saturated rings. The van der Waals surface area contributed by atoms with E-state index in [4.69, 9.17) is 0 Å². The van der Waals surface area contributed by atoms with Crippen LogP contribution in [-0.4, -0.2) is 49.0 Å². The number of hydrogen-bond donors (Lipinski definition) is 1. The lowest BCUT2D eigenvalue weighted by atomic mass is 9.93. The first-order chi connectivity index (χ1) is 14.8. The monoisotopic (exact) mass is 398 g/mol. The number of hydrogen-bond acceptors (Lipinski definition) is 5. The Morgan fingerprint density at radius 2 is 1.83 bits per heavy atom. The summed E-state index contributed by atoms with van der Waals surface area (Å²) in [6.07, 6.45) is 7.93. The molecule has 0 unspecified atom stereocenters. The minimum Gasteiger partial charge on any atom is -0.337 e. The van der Waals surface area contributed by atoms with E-state index in [-0.39, 0.29) is 5.91 Å². The topological polar surface area (TPSA) is 87.7 Å². The Morgan fingerprint density at radius 3 is 2.67 bits per heavy atom. The van der Waals surface area contributed by atoms with E-state index in [1.54, 1.807) is 18.6 Å². The van der Waals surface area contributed by atoms with E-state index in [2.05, 4.69) is 25.1 Å². The normalized spacial score (nSPS) is 14.9. The van der Waals surface area contributed by atoms with Gasteiger partial charge >= 0.3 is 0 Å². The molecule has 1 amide bonds. The second kappa shape index (κ2) is 8.02. The maximum atomic E-state index is 13.1. The zero-order chi connectivity index (χ0) is 20.3. The molecule has 1 N–H and O–H groups in total. The van der Waals surface area contributed by atoms with Crippen molar-refractivity contribution in [1.82, 2.24) is 30.0 Å². The fourth-order valence-corrected chi connectivity index (χ4v) is 4.07. The second-order valence-electron chi connectivity index (χ2n) is 7.66. The van der Waals surface area contributed by atoms with E-state index in [9.17, 15) is 4.79 Å². The smallest absolute Gasteiger partial charge is 0.273 e. The summed E-state index contributed by atoms with van der Waals surface area (Å²) < 4.78 is 0. The fraction of sp³-hybridized carbons (Fsp3) is 0.261. The van der Waals surface area contributed by atoms with Gasteiger partial charge in [-0.05, 0) is 42.3 Å². The third kappa shape index (κ3) is 3.66. The van der Waals surface area contributed by atoms with Crippen molar-refractivity contribution in [2.24, 2.45) is 5.92 Å². The molecular weight excluding hydrogens is 376 g/mol. The van der Waals surface area contributed by atoms with Crippen LogP contribution in [0, 0.1) is 5.92 Å². The van der Waals surface area contributed by atoms with Crippen LogP contribution >= 0.6 is 0 Å². The summed E-state index contributed by atoms with van der Waals surface area (Å²) in [6.45, 7) is 1.47. The third-order valence-electron chi connectivity index (χ3n) is 5.73. The summed E-state index contributed by atoms with van der Waals surface area (Å²) >= 11 is 0. The van der Waals surface area contributed by atoms with Crippen LogP contribution in [0.15, 0.2) is 61.1 Å². The molecule has 1 aromatic carbocycles. The number of carbonyl (C=O) groups excluding carboxylic acids is 1. The number of nitrogens with zero attached hydrogens (tertiary/aromatic N) is 5. The number of H-pyrrole nitrogens is 1. The largest absolute Gasteiger partial charge is 0.337 e. The highest BCUT2D eigenvalue weighted by atomic mass is 16.2. The maximum absolute atomic E-state index is 13.1. The Hall–Kier alpha value is -3.61. The molecule has 0 atom stereocenters. The Labute approximate surface area is 174 Å². The number of carbonyl (C=O) groups is 1. The van der Waals surface area contributed by atoms with Crippen LogP contribution in [0.3, 0.4) is 0 Å². The Morgan fingerprint density at radius 1 is 1.03 bits per heavy atom. The molecule has 5 rings (SSSR count). The molecule has 7 nitrogen and oxygen atoms in total. The molecule has 0 bridgehead atoms. The van der Waals surface area contributed by atoms with E-state index in [0.29, 0.717) is 17.4 Å². The number of rotatable bonds is 4. The van der Waals surface area contributed by atoms with E-state index in [1.807, 2.05) is 47.4 Å². The van der Waals surface area contributed by atoms with Crippen molar-refractivity contribution in [2.75, 3.05) is 13.1 Å². The molecule has 150 valence electrons. The quantitative estimate of drug-likeness (QED) is 0.568. The van der Waals surface area contributed by atoms with Gasteiger partial charge in [-0.1, -0.05) is 24.3 Å². The van der Waals surface area contributed by atoms with Gasteiger partial charge in [-0.3, -0.25) is 19.9 Å². The standard InChI is InChI=1S/C23H22N6O/c30-23(21-19-4-2-1-3-17(19)7-12-25-21)29-13-8-16(9-14-29)15-20-26-22(28-27-20)18-5-10-24-11-6-18/h1-7,10-12,16H,8-9,13-15H2,(H,26,27,28). The lowest BCUT2D eigenvalue weighted by Gasteiger charge is -2.31. The number of aromatic amines is 1. The fourth-order valence-electron chi connectivity index (χ4n) is 4.07. The number of pyridine rings is 2. The van der Waals surface area contributed by atoms with Crippen LogP contribution in [0.5, 0.6) is 0 Å². The molecule has 30 heavy (non-hydrogen) atoms. The molecule has 4 aromatic rings. The molecule has 0 spiro atoms. The van der Waals surface area contributed by atoms with Crippen LogP contribution in [0.25, 0.3) is 22.2 Å². The summed E-state index contributed by atoms with van der Waals surface area (Å²) in [5.41, 5.74) is 1.50. The van der Waals surface area contributed by atoms with Crippen molar-refractivity contribution in [3.05, 3.63) is 72.6 Å². The van der Waals surface area contributed by atoms with E-state index in [0.717, 1.165) is 54.5 Å². The minimum atomic E-state index is 0.0184. The molecular formula is C23H22N6O. The number of likely N-dealkylation sites (tertiary alicyclic amines) is 1. The molecule has 1 aliphatic heterocycles. The lowest BCUT2D eigenvalue weighted by molar-refractivity contribution is 0.0686. The van der Waals surface area contributed by atoms with E-state index in [1.165, 1.54) is 0 Å². The van der Waals surface area contributed by atoms with Gasteiger partial charge in [0, 0.05) is 49.1 Å². The van der Waals surface area contributed by atoms with Gasteiger partial charge < -0.3 is 4.90 Å². The van der Waals surface area contributed by atoms with Gasteiger partial charge in [-0.25, -0.2) is 4.98 Å². The van der Waals surface area contributed by atoms with E-state index < -0.39 is 0 Å². The molecule has 1 aliphatic rings. The highest BCUT2D eigenvalue weighted by molar-refractivity contribution is 6.05. The van der Waals surface area contributed by atoms with Gasteiger partial charge in [0.25, 0.3) is 5.91 Å². The van der Waals surface area contributed by atoms with Crippen molar-refractivity contribution >= 4 is 16.7 Å². The zero-order valence-electron chi connectivity index (χ0n) is 16.5. The number of aromatic nitrogens is 5. The van der Waals surface area contributed by atoms with E-state index >= 15 is 0 Å². The summed E-state index contributed by atoms with van der Waals surface area (Å²) in [5, 5.41) is 9.34. The van der Waals surface area contributed by atoms with Gasteiger partial charge in [-0.2, -0.15) is 5.10 Å². The molecule has 1 saturated heterocycles. The Bertz CT molecular complexity index is 1160. The van der Waals surface area contributed by atoms with Gasteiger partial charge in [0.2, 0.25) is 0 Å². The molecule has 0 aliphatic carbocycles. The van der Waals surface area contributed by atoms with Crippen molar-refractivity contribution in [1.29, 1.82) is 0 Å². The Kier molecular flexibility index (Phi) is 4.93. The zero-order valence-corrected chi connectivity index (χ0v) is 16.5. The average molecular weight is 398 g/mol. The first kappa shape index (κ1) is 18.4. The predicted molar refractivity (Wildman–Crippen MR) is 114 cm³/mol. The molecule has 3 aromatic heterocycles. The average Bonchev–Trinajstić information content (AvgIpc) is 3.28. The van der Waals surface area contributed by atoms with Crippen LogP contribution in [0.1, 0.15) is 29.2 Å². The van der Waals surface area contributed by atoms with Crippen LogP contribution in [-0.2, 0) is 6.42 Å². The number of benzene rings is 1. The van der Waals surface area contributed by atoms with Crippen LogP contribution in [0.4, 0.5) is 0 Å². The number of amides is 1. The van der Waals surface area contributed by atoms with Crippen molar-refractivity contribution in [3.8, 4) is 11.4 Å². The molecule has 0 radical (unpaired) electrons. The SMILES string of the molecule is O=C(c1nccc2ccccc12)N1CCC(Cc2nc(-c3ccncc3)n[nH]2)CC1. The van der Waals surface area contributed by atoms with Gasteiger partial charge in [0.05, 0.1) is 0 Å². The predicted octanol–water partition coefficient (Wildman–Crippen LogP) is 3.51. The van der Waals surface area contributed by atoms with Gasteiger partial charge in [0.1, 0.15) is 11.5 Å². The lowest BCUT2D eigenvalue weighted by Crippen LogP contribution is -2.39. The number of piperidine rings is 1. The second-order valence-corrected chi connectivity index (χ2v) is 7.66. The minimum absolute atomic E-state index is 0.0184. The van der Waals surface area contributed by atoms with Gasteiger partial charge in [-0.15, -0.1) is 0 Å². The molecule has 7 heteroatoms. The number of nitrogens with one attached hydrogen (secondary N) is 1. The summed E-state index contributed by atoms with van der Waals surface area (Å²) in [6, 6.07) is 13.6. The highest BCUT2D eigenvalue weighted by Gasteiger charge is 2.26. The van der Waals surface area contributed by atoms with Crippen molar-refractivity contribution in [2.45, 2.75) is 19.3 Å². The molecule has 4 heterocycles. The summed E-state index contributed by atoms with van der Waals surface area (Å²) in [7, 11) is 0. The van der Waals surface area contributed by atoms with Crippen molar-refractivity contribution < 1.29 is 4.79 Å². The van der Waals surface area contributed by atoms with Crippen LogP contribution < -0.4 is 0 Å². The third-order valence-corrected chi connectivity index (χ3v) is 5.73. The summed E-state index contributed by atoms with van der Waals surface area (Å²) in [5.74, 6) is 2.09. The molecule has 0 saturated carbocycles. The Balaban J connectivity index is 1.22. The first-order valence-electron chi connectivity index (χ1n) is 10.2. The summed E-state index contributed by atoms with van der Waals surface area (Å²) in [4.78, 5) is 28.0. The van der Waals surface area contributed by atoms with Gasteiger partial charge in [0.15, 0.2) is 5.82 Å². The number of fused-ring (bicyclic) bond motifs is 1. The van der Waals surface area contributed by atoms with Crippen molar-refractivity contribution in [3.63, 3.8) is 0 Å².